The molecule has 1 saturated heterocycles. The molecule has 20 heavy (non-hydrogen) atoms. The van der Waals surface area contributed by atoms with E-state index in [1.54, 1.807) is 4.90 Å². The Hall–Kier alpha value is -1.66. The van der Waals surface area contributed by atoms with E-state index in [0.29, 0.717) is 18.9 Å². The molecule has 0 spiro atoms. The summed E-state index contributed by atoms with van der Waals surface area (Å²) in [7, 11) is 0. The molecule has 0 radical (unpaired) electrons. The molecule has 7 heteroatoms. The predicted octanol–water partition coefficient (Wildman–Crippen LogP) is 2.26. The maximum Gasteiger partial charge on any atom is 0.319 e. The van der Waals surface area contributed by atoms with Gasteiger partial charge in [0.25, 0.3) is 0 Å². The Kier molecular flexibility index (Phi) is 4.92. The van der Waals surface area contributed by atoms with Crippen LogP contribution in [0, 0.1) is 5.92 Å². The summed E-state index contributed by atoms with van der Waals surface area (Å²) in [5, 5.41) is 2.76. The van der Waals surface area contributed by atoms with E-state index in [2.05, 4.69) is 17.2 Å². The minimum Gasteiger partial charge on any atom is -0.338 e. The summed E-state index contributed by atoms with van der Waals surface area (Å²) in [4.78, 5) is 17.5. The number of nitrogens with zero attached hydrogens (tertiary/aromatic N) is 3. The van der Waals surface area contributed by atoms with Crippen LogP contribution in [0.3, 0.4) is 0 Å². The van der Waals surface area contributed by atoms with Gasteiger partial charge < -0.3 is 10.2 Å². The molecule has 2 rings (SSSR count). The molecule has 2 amide bonds. The molecular formula is C13H20F2N4O. The average Bonchev–Trinajstić information content (AvgIpc) is 2.88. The van der Waals surface area contributed by atoms with E-state index in [-0.39, 0.29) is 11.9 Å². The zero-order valence-corrected chi connectivity index (χ0v) is 11.6. The van der Waals surface area contributed by atoms with Crippen LogP contribution in [0.15, 0.2) is 12.4 Å². The van der Waals surface area contributed by atoms with Gasteiger partial charge in [0.15, 0.2) is 0 Å². The van der Waals surface area contributed by atoms with Gasteiger partial charge in [-0.2, -0.15) is 8.78 Å². The molecule has 0 bridgehead atoms. The molecule has 2 heterocycles. The Bertz CT molecular complexity index is 441. The highest BCUT2D eigenvalue weighted by atomic mass is 19.3. The number of carbonyl (C=O) groups excluding carboxylic acids is 1. The first-order chi connectivity index (χ1) is 9.58. The molecule has 1 aliphatic rings. The number of piperidine rings is 1. The van der Waals surface area contributed by atoms with Gasteiger partial charge in [-0.1, -0.05) is 6.92 Å². The number of amides is 2. The van der Waals surface area contributed by atoms with Crippen molar-refractivity contribution in [1.82, 2.24) is 19.8 Å². The molecule has 1 fully saturated rings. The number of halogens is 2. The summed E-state index contributed by atoms with van der Waals surface area (Å²) in [5.41, 5.74) is 0. The highest BCUT2D eigenvalue weighted by Crippen LogP contribution is 2.16. The largest absolute Gasteiger partial charge is 0.338 e. The number of aromatic nitrogens is 2. The lowest BCUT2D eigenvalue weighted by Crippen LogP contribution is -2.44. The fraction of sp³-hybridized carbons (Fsp3) is 0.692. The number of hydrogen-bond donors (Lipinski definition) is 1. The molecule has 1 N–H and O–H groups in total. The zero-order valence-electron chi connectivity index (χ0n) is 11.6. The molecule has 0 atom stereocenters. The number of imidazole rings is 1. The highest BCUT2D eigenvalue weighted by Gasteiger charge is 2.20. The third kappa shape index (κ3) is 3.68. The molecule has 1 aromatic heterocycles. The normalized spacial score (nSPS) is 16.7. The van der Waals surface area contributed by atoms with E-state index in [0.717, 1.165) is 30.5 Å². The Balaban J connectivity index is 1.75. The van der Waals surface area contributed by atoms with Gasteiger partial charge in [-0.05, 0) is 18.8 Å². The summed E-state index contributed by atoms with van der Waals surface area (Å²) in [6.07, 6.45) is 4.92. The number of hydrogen-bond acceptors (Lipinski definition) is 2. The monoisotopic (exact) mass is 286 g/mol. The first-order valence-electron chi connectivity index (χ1n) is 6.90. The highest BCUT2D eigenvalue weighted by molar-refractivity contribution is 5.74. The Morgan fingerprint density at radius 2 is 2.20 bits per heavy atom. The molecule has 0 aromatic carbocycles. The fourth-order valence-electron chi connectivity index (χ4n) is 2.32. The van der Waals surface area contributed by atoms with Gasteiger partial charge in [0.2, 0.25) is 0 Å². The number of carbonyl (C=O) groups is 1. The molecule has 1 aliphatic heterocycles. The first-order valence-corrected chi connectivity index (χ1v) is 6.90. The molecule has 112 valence electrons. The SMILES string of the molecule is CC1CCN(C(=O)NCCc2nccn2C(F)F)CC1. The van der Waals surface area contributed by atoms with Crippen LogP contribution in [0.2, 0.25) is 0 Å². The van der Waals surface area contributed by atoms with Crippen LogP contribution in [-0.4, -0.2) is 40.1 Å². The van der Waals surface area contributed by atoms with E-state index in [9.17, 15) is 13.6 Å². The van der Waals surface area contributed by atoms with Crippen LogP contribution in [0.25, 0.3) is 0 Å². The summed E-state index contributed by atoms with van der Waals surface area (Å²) in [5.74, 6) is 0.949. The third-order valence-electron chi connectivity index (χ3n) is 3.65. The standard InChI is InChI=1S/C13H20F2N4O/c1-10-3-7-18(8-4-10)13(20)17-5-2-11-16-6-9-19(11)12(14)15/h6,9-10,12H,2-5,7-8H2,1H3,(H,17,20). The van der Waals surface area contributed by atoms with E-state index >= 15 is 0 Å². The van der Waals surface area contributed by atoms with Crippen LogP contribution in [0.1, 0.15) is 32.1 Å². The van der Waals surface area contributed by atoms with Crippen LogP contribution < -0.4 is 5.32 Å². The topological polar surface area (TPSA) is 50.2 Å². The van der Waals surface area contributed by atoms with Gasteiger partial charge in [0.1, 0.15) is 5.82 Å². The number of urea groups is 1. The maximum absolute atomic E-state index is 12.6. The number of rotatable bonds is 4. The molecule has 0 saturated carbocycles. The van der Waals surface area contributed by atoms with Gasteiger partial charge in [-0.3, -0.25) is 4.57 Å². The molecule has 5 nitrogen and oxygen atoms in total. The number of nitrogens with one attached hydrogen (secondary N) is 1. The summed E-state index contributed by atoms with van der Waals surface area (Å²) < 4.78 is 26.0. The van der Waals surface area contributed by atoms with E-state index in [4.69, 9.17) is 0 Å². The minimum absolute atomic E-state index is 0.118. The summed E-state index contributed by atoms with van der Waals surface area (Å²) >= 11 is 0. The second-order valence-corrected chi connectivity index (χ2v) is 5.18. The third-order valence-corrected chi connectivity index (χ3v) is 3.65. The fourth-order valence-corrected chi connectivity index (χ4v) is 2.32. The Labute approximate surface area is 117 Å². The minimum atomic E-state index is -2.59. The summed E-state index contributed by atoms with van der Waals surface area (Å²) in [6.45, 7) is 1.43. The van der Waals surface area contributed by atoms with Gasteiger partial charge in [0, 0.05) is 38.4 Å². The predicted molar refractivity (Wildman–Crippen MR) is 70.6 cm³/mol. The lowest BCUT2D eigenvalue weighted by molar-refractivity contribution is 0.0670. The second kappa shape index (κ2) is 6.67. The van der Waals surface area contributed by atoms with Gasteiger partial charge in [-0.25, -0.2) is 9.78 Å². The van der Waals surface area contributed by atoms with Crippen molar-refractivity contribution >= 4 is 6.03 Å². The van der Waals surface area contributed by atoms with Crippen molar-refractivity contribution in [2.75, 3.05) is 19.6 Å². The van der Waals surface area contributed by atoms with E-state index in [1.165, 1.54) is 12.4 Å². The smallest absolute Gasteiger partial charge is 0.319 e. The van der Waals surface area contributed by atoms with Gasteiger partial charge in [0.05, 0.1) is 0 Å². The van der Waals surface area contributed by atoms with Crippen molar-refractivity contribution < 1.29 is 13.6 Å². The zero-order chi connectivity index (χ0) is 14.5. The van der Waals surface area contributed by atoms with E-state index in [1.807, 2.05) is 0 Å². The van der Waals surface area contributed by atoms with Crippen molar-refractivity contribution in [2.45, 2.75) is 32.7 Å². The lowest BCUT2D eigenvalue weighted by Gasteiger charge is -2.30. The first kappa shape index (κ1) is 14.7. The Morgan fingerprint density at radius 3 is 2.85 bits per heavy atom. The van der Waals surface area contributed by atoms with Gasteiger partial charge >= 0.3 is 12.6 Å². The van der Waals surface area contributed by atoms with Crippen molar-refractivity contribution in [3.8, 4) is 0 Å². The summed E-state index contributed by atoms with van der Waals surface area (Å²) in [6, 6.07) is -0.118. The lowest BCUT2D eigenvalue weighted by atomic mass is 10.00. The van der Waals surface area contributed by atoms with Crippen LogP contribution >= 0.6 is 0 Å². The molecular weight excluding hydrogens is 266 g/mol. The van der Waals surface area contributed by atoms with Crippen molar-refractivity contribution in [3.63, 3.8) is 0 Å². The van der Waals surface area contributed by atoms with Crippen molar-refractivity contribution in [3.05, 3.63) is 18.2 Å². The molecule has 1 aromatic rings. The van der Waals surface area contributed by atoms with Crippen molar-refractivity contribution in [1.29, 1.82) is 0 Å². The van der Waals surface area contributed by atoms with E-state index < -0.39 is 6.55 Å². The average molecular weight is 286 g/mol. The van der Waals surface area contributed by atoms with Crippen molar-refractivity contribution in [2.24, 2.45) is 5.92 Å². The van der Waals surface area contributed by atoms with Gasteiger partial charge in [-0.15, -0.1) is 0 Å². The quantitative estimate of drug-likeness (QED) is 0.923. The maximum atomic E-state index is 12.6. The second-order valence-electron chi connectivity index (χ2n) is 5.18. The number of likely N-dealkylation sites (tertiary alicyclic amines) is 1. The molecule has 0 aliphatic carbocycles. The molecule has 0 unspecified atom stereocenters. The number of alkyl halides is 2. The van der Waals surface area contributed by atoms with Crippen LogP contribution in [0.4, 0.5) is 13.6 Å². The Morgan fingerprint density at radius 1 is 1.50 bits per heavy atom. The van der Waals surface area contributed by atoms with Crippen LogP contribution in [0.5, 0.6) is 0 Å². The van der Waals surface area contributed by atoms with Crippen LogP contribution in [-0.2, 0) is 6.42 Å².